The van der Waals surface area contributed by atoms with Gasteiger partial charge in [0.05, 0.1) is 25.4 Å². The second-order valence-electron chi connectivity index (χ2n) is 21.2. The van der Waals surface area contributed by atoms with Crippen molar-refractivity contribution in [3.8, 4) is 0 Å². The fourth-order valence-electron chi connectivity index (χ4n) is 9.87. The minimum Gasteiger partial charge on any atom is -0.394 e. The fourth-order valence-corrected chi connectivity index (χ4v) is 9.87. The highest BCUT2D eigenvalue weighted by Gasteiger charge is 2.44. The van der Waals surface area contributed by atoms with Crippen LogP contribution >= 0.6 is 0 Å². The van der Waals surface area contributed by atoms with Crippen LogP contribution in [-0.2, 0) is 14.3 Å². The largest absolute Gasteiger partial charge is 0.394 e. The predicted molar refractivity (Wildman–Crippen MR) is 286 cm³/mol. The van der Waals surface area contributed by atoms with Crippen molar-refractivity contribution < 1.29 is 39.8 Å². The Morgan fingerprint density at radius 1 is 0.485 bits per heavy atom. The van der Waals surface area contributed by atoms with Gasteiger partial charge in [-0.05, 0) is 19.3 Å². The summed E-state index contributed by atoms with van der Waals surface area (Å²) in [6.45, 7) is 3.83. The van der Waals surface area contributed by atoms with E-state index >= 15 is 0 Å². The smallest absolute Gasteiger partial charge is 0.220 e. The molecule has 0 radical (unpaired) electrons. The van der Waals surface area contributed by atoms with Gasteiger partial charge in [-0.3, -0.25) is 4.79 Å². The normalized spacial score (nSPS) is 19.5. The maximum absolute atomic E-state index is 13.1. The topological polar surface area (TPSA) is 149 Å². The van der Waals surface area contributed by atoms with E-state index in [0.717, 1.165) is 38.5 Å². The van der Waals surface area contributed by atoms with Crippen LogP contribution in [-0.4, -0.2) is 87.5 Å². The first-order chi connectivity index (χ1) is 33.3. The van der Waals surface area contributed by atoms with Gasteiger partial charge in [-0.15, -0.1) is 0 Å². The zero-order valence-electron chi connectivity index (χ0n) is 44.9. The zero-order valence-corrected chi connectivity index (χ0v) is 44.9. The van der Waals surface area contributed by atoms with E-state index < -0.39 is 49.5 Å². The number of nitrogens with one attached hydrogen (secondary N) is 1. The van der Waals surface area contributed by atoms with E-state index in [1.54, 1.807) is 6.08 Å². The Balaban J connectivity index is 2.20. The number of ether oxygens (including phenoxy) is 2. The average Bonchev–Trinajstić information content (AvgIpc) is 3.34. The van der Waals surface area contributed by atoms with Gasteiger partial charge >= 0.3 is 0 Å². The van der Waals surface area contributed by atoms with E-state index in [1.165, 1.54) is 244 Å². The lowest BCUT2D eigenvalue weighted by Crippen LogP contribution is -2.60. The molecule has 404 valence electrons. The molecule has 68 heavy (non-hydrogen) atoms. The predicted octanol–water partition coefficient (Wildman–Crippen LogP) is 14.8. The summed E-state index contributed by atoms with van der Waals surface area (Å²) in [5.74, 6) is -0.170. The number of hydrogen-bond acceptors (Lipinski definition) is 8. The molecule has 1 rings (SSSR count). The van der Waals surface area contributed by atoms with E-state index in [9.17, 15) is 30.3 Å². The summed E-state index contributed by atoms with van der Waals surface area (Å²) in [6, 6.07) is -0.800. The Bertz CT molecular complexity index is 1080. The van der Waals surface area contributed by atoms with Crippen LogP contribution in [0.5, 0.6) is 0 Å². The SMILES string of the molecule is CCCCCCCCCCCCCCCCCCCCCCCCCC/C=C/C(O)C(COC1OC(CO)C(O)C(O)C1O)NC(=O)CCCCCCCCCCCCCCCCCCCCC. The zero-order chi connectivity index (χ0) is 49.4. The van der Waals surface area contributed by atoms with Crippen molar-refractivity contribution in [1.82, 2.24) is 5.32 Å². The maximum Gasteiger partial charge on any atom is 0.220 e. The molecule has 0 spiro atoms. The first kappa shape index (κ1) is 64.9. The number of amides is 1. The second-order valence-corrected chi connectivity index (χ2v) is 21.2. The van der Waals surface area contributed by atoms with Crippen LogP contribution in [0.2, 0.25) is 0 Å². The molecular weight excluding hydrogens is 851 g/mol. The monoisotopic (exact) mass is 966 g/mol. The molecule has 0 saturated carbocycles. The lowest BCUT2D eigenvalue weighted by Gasteiger charge is -2.40. The molecule has 0 aromatic heterocycles. The van der Waals surface area contributed by atoms with Crippen molar-refractivity contribution in [2.24, 2.45) is 0 Å². The van der Waals surface area contributed by atoms with E-state index in [2.05, 4.69) is 19.2 Å². The summed E-state index contributed by atoms with van der Waals surface area (Å²) in [5.41, 5.74) is 0. The van der Waals surface area contributed by atoms with Crippen molar-refractivity contribution in [2.45, 2.75) is 346 Å². The Morgan fingerprint density at radius 2 is 0.809 bits per heavy atom. The van der Waals surface area contributed by atoms with Gasteiger partial charge in [0.2, 0.25) is 5.91 Å². The van der Waals surface area contributed by atoms with E-state index in [4.69, 9.17) is 9.47 Å². The summed E-state index contributed by atoms with van der Waals surface area (Å²) >= 11 is 0. The van der Waals surface area contributed by atoms with Crippen molar-refractivity contribution in [3.05, 3.63) is 12.2 Å². The van der Waals surface area contributed by atoms with Gasteiger partial charge < -0.3 is 40.3 Å². The quantitative estimate of drug-likeness (QED) is 0.0261. The third-order valence-electron chi connectivity index (χ3n) is 14.6. The van der Waals surface area contributed by atoms with Crippen LogP contribution in [0.15, 0.2) is 12.2 Å². The Kier molecular flexibility index (Phi) is 47.3. The molecule has 7 atom stereocenters. The van der Waals surface area contributed by atoms with E-state index in [-0.39, 0.29) is 12.5 Å². The van der Waals surface area contributed by atoms with Gasteiger partial charge in [-0.25, -0.2) is 0 Å². The summed E-state index contributed by atoms with van der Waals surface area (Å²) in [4.78, 5) is 13.1. The number of unbranched alkanes of at least 4 members (excludes halogenated alkanes) is 42. The highest BCUT2D eigenvalue weighted by Crippen LogP contribution is 2.23. The van der Waals surface area contributed by atoms with Crippen molar-refractivity contribution in [2.75, 3.05) is 13.2 Å². The van der Waals surface area contributed by atoms with Gasteiger partial charge in [0.15, 0.2) is 6.29 Å². The number of rotatable bonds is 52. The van der Waals surface area contributed by atoms with Crippen molar-refractivity contribution >= 4 is 5.91 Å². The lowest BCUT2D eigenvalue weighted by atomic mass is 9.99. The maximum atomic E-state index is 13.1. The van der Waals surface area contributed by atoms with Crippen LogP contribution < -0.4 is 5.32 Å². The molecule has 6 N–H and O–H groups in total. The standard InChI is InChI=1S/C59H115NO8/c1-3-5-7-9-11-13-15-17-19-21-23-24-25-26-27-28-29-31-32-34-36-38-40-42-44-46-48-53(62)52(51-67-59-58(66)57(65)56(64)54(50-61)68-59)60-55(63)49-47-45-43-41-39-37-35-33-30-22-20-18-16-14-12-10-8-6-4-2/h46,48,52-54,56-59,61-62,64-66H,3-45,47,49-51H2,1-2H3,(H,60,63)/b48-46+. The Hall–Kier alpha value is -1.07. The number of aliphatic hydroxyl groups excluding tert-OH is 5. The van der Waals surface area contributed by atoms with Crippen molar-refractivity contribution in [3.63, 3.8) is 0 Å². The van der Waals surface area contributed by atoms with Crippen molar-refractivity contribution in [1.29, 1.82) is 0 Å². The molecule has 1 fully saturated rings. The molecule has 9 heteroatoms. The van der Waals surface area contributed by atoms with Gasteiger partial charge in [0.25, 0.3) is 0 Å². The number of carbonyl (C=O) groups is 1. The average molecular weight is 967 g/mol. The van der Waals surface area contributed by atoms with Gasteiger partial charge in [0.1, 0.15) is 24.4 Å². The van der Waals surface area contributed by atoms with Gasteiger partial charge in [-0.2, -0.15) is 0 Å². The highest BCUT2D eigenvalue weighted by atomic mass is 16.7. The first-order valence-electron chi connectivity index (χ1n) is 29.9. The van der Waals surface area contributed by atoms with Gasteiger partial charge in [-0.1, -0.05) is 289 Å². The molecule has 0 aromatic carbocycles. The van der Waals surface area contributed by atoms with Crippen LogP contribution in [0.1, 0.15) is 303 Å². The number of allylic oxidation sites excluding steroid dienone is 1. The second kappa shape index (κ2) is 49.5. The van der Waals surface area contributed by atoms with Gasteiger partial charge in [0, 0.05) is 6.42 Å². The number of carbonyl (C=O) groups excluding carboxylic acids is 1. The Labute approximate surface area is 420 Å². The molecule has 1 aliphatic heterocycles. The molecular formula is C59H115NO8. The molecule has 1 heterocycles. The van der Waals surface area contributed by atoms with Crippen LogP contribution in [0, 0.1) is 0 Å². The summed E-state index contributed by atoms with van der Waals surface area (Å²) in [7, 11) is 0. The minimum absolute atomic E-state index is 0.170. The molecule has 1 aliphatic rings. The van der Waals surface area contributed by atoms with Crippen LogP contribution in [0.4, 0.5) is 0 Å². The van der Waals surface area contributed by atoms with Crippen LogP contribution in [0.3, 0.4) is 0 Å². The molecule has 0 aromatic rings. The molecule has 7 unspecified atom stereocenters. The molecule has 9 nitrogen and oxygen atoms in total. The van der Waals surface area contributed by atoms with E-state index in [1.807, 2.05) is 6.08 Å². The number of aliphatic hydroxyl groups is 5. The molecule has 0 aliphatic carbocycles. The summed E-state index contributed by atoms with van der Waals surface area (Å²) in [5, 5.41) is 54.6. The highest BCUT2D eigenvalue weighted by molar-refractivity contribution is 5.76. The third kappa shape index (κ3) is 38.6. The lowest BCUT2D eigenvalue weighted by molar-refractivity contribution is -0.302. The molecule has 1 saturated heterocycles. The molecule has 0 bridgehead atoms. The Morgan fingerprint density at radius 3 is 1.15 bits per heavy atom. The third-order valence-corrected chi connectivity index (χ3v) is 14.6. The minimum atomic E-state index is -1.56. The first-order valence-corrected chi connectivity index (χ1v) is 29.9. The van der Waals surface area contributed by atoms with Crippen LogP contribution in [0.25, 0.3) is 0 Å². The number of hydrogen-bond donors (Lipinski definition) is 6. The van der Waals surface area contributed by atoms with E-state index in [0.29, 0.717) is 6.42 Å². The summed E-state index contributed by atoms with van der Waals surface area (Å²) in [6.07, 6.45) is 54.2. The summed E-state index contributed by atoms with van der Waals surface area (Å²) < 4.78 is 11.3. The molecule has 1 amide bonds. The fraction of sp³-hybridized carbons (Fsp3) is 0.949.